The van der Waals surface area contributed by atoms with E-state index in [0.717, 1.165) is 11.3 Å². The molecule has 18 heavy (non-hydrogen) atoms. The van der Waals surface area contributed by atoms with Crippen molar-refractivity contribution in [2.45, 2.75) is 26.0 Å². The molecule has 0 aliphatic heterocycles. The first-order valence-electron chi connectivity index (χ1n) is 5.96. The summed E-state index contributed by atoms with van der Waals surface area (Å²) in [5.41, 5.74) is 1.09. The molecule has 0 bridgehead atoms. The van der Waals surface area contributed by atoms with E-state index in [0.29, 0.717) is 18.8 Å². The van der Waals surface area contributed by atoms with Gasteiger partial charge in [-0.25, -0.2) is 0 Å². The van der Waals surface area contributed by atoms with Gasteiger partial charge in [-0.3, -0.25) is 4.98 Å². The van der Waals surface area contributed by atoms with Crippen LogP contribution in [0.4, 0.5) is 0 Å². The van der Waals surface area contributed by atoms with Crippen LogP contribution in [0, 0.1) is 6.92 Å². The van der Waals surface area contributed by atoms with Crippen LogP contribution in [-0.4, -0.2) is 16.6 Å². The maximum Gasteiger partial charge on any atom is 0.136 e. The number of nitrogens with one attached hydrogen (secondary N) is 1. The number of furan rings is 1. The summed E-state index contributed by atoms with van der Waals surface area (Å²) in [5.74, 6) is 0.562. The number of aromatic nitrogens is 1. The predicted molar refractivity (Wildman–Crippen MR) is 69.0 cm³/mol. The maximum atomic E-state index is 10.2. The van der Waals surface area contributed by atoms with Crippen molar-refractivity contribution in [3.05, 3.63) is 53.7 Å². The monoisotopic (exact) mass is 246 g/mol. The van der Waals surface area contributed by atoms with Crippen molar-refractivity contribution in [2.75, 3.05) is 6.54 Å². The summed E-state index contributed by atoms with van der Waals surface area (Å²) in [4.78, 5) is 4.29. The van der Waals surface area contributed by atoms with Gasteiger partial charge in [0.15, 0.2) is 0 Å². The van der Waals surface area contributed by atoms with E-state index in [2.05, 4.69) is 10.3 Å². The van der Waals surface area contributed by atoms with E-state index in [1.165, 1.54) is 0 Å². The summed E-state index contributed by atoms with van der Waals surface area (Å²) in [5, 5.41) is 13.4. The molecule has 2 N–H and O–H groups in total. The fraction of sp³-hybridized carbons (Fsp3) is 0.357. The van der Waals surface area contributed by atoms with Gasteiger partial charge in [0.2, 0.25) is 0 Å². The van der Waals surface area contributed by atoms with Gasteiger partial charge in [-0.05, 0) is 37.6 Å². The minimum absolute atomic E-state index is 0.413. The summed E-state index contributed by atoms with van der Waals surface area (Å²) >= 11 is 0. The lowest BCUT2D eigenvalue weighted by Crippen LogP contribution is -2.34. The van der Waals surface area contributed by atoms with Crippen LogP contribution in [-0.2, 0) is 12.1 Å². The van der Waals surface area contributed by atoms with Crippen LogP contribution < -0.4 is 5.32 Å². The number of hydrogen-bond donors (Lipinski definition) is 2. The van der Waals surface area contributed by atoms with Gasteiger partial charge in [-0.1, -0.05) is 6.07 Å². The van der Waals surface area contributed by atoms with Gasteiger partial charge in [-0.15, -0.1) is 0 Å². The normalized spacial score (nSPS) is 14.4. The van der Waals surface area contributed by atoms with Crippen molar-refractivity contribution < 1.29 is 9.52 Å². The Labute approximate surface area is 107 Å². The fourth-order valence-corrected chi connectivity index (χ4v) is 1.71. The van der Waals surface area contributed by atoms with Crippen molar-refractivity contribution in [2.24, 2.45) is 0 Å². The second-order valence-electron chi connectivity index (χ2n) is 4.68. The number of pyridine rings is 1. The van der Waals surface area contributed by atoms with Crippen LogP contribution in [0.25, 0.3) is 0 Å². The molecule has 4 nitrogen and oxygen atoms in total. The summed E-state index contributed by atoms with van der Waals surface area (Å²) in [6.07, 6.45) is 3.40. The van der Waals surface area contributed by atoms with E-state index in [1.54, 1.807) is 25.3 Å². The molecule has 2 rings (SSSR count). The average Bonchev–Trinajstić information content (AvgIpc) is 2.86. The molecule has 0 aliphatic carbocycles. The van der Waals surface area contributed by atoms with Crippen LogP contribution in [0.1, 0.15) is 23.9 Å². The first kappa shape index (κ1) is 12.8. The van der Waals surface area contributed by atoms with Gasteiger partial charge in [0.25, 0.3) is 0 Å². The average molecular weight is 246 g/mol. The van der Waals surface area contributed by atoms with Gasteiger partial charge >= 0.3 is 0 Å². The van der Waals surface area contributed by atoms with Crippen LogP contribution in [0.2, 0.25) is 0 Å². The topological polar surface area (TPSA) is 58.3 Å². The first-order valence-corrected chi connectivity index (χ1v) is 5.96. The van der Waals surface area contributed by atoms with E-state index in [1.807, 2.05) is 25.3 Å². The Morgan fingerprint density at radius 1 is 1.39 bits per heavy atom. The summed E-state index contributed by atoms with van der Waals surface area (Å²) in [6, 6.07) is 7.54. The Kier molecular flexibility index (Phi) is 3.79. The maximum absolute atomic E-state index is 10.2. The number of hydrogen-bond acceptors (Lipinski definition) is 4. The Balaban J connectivity index is 1.87. The molecule has 0 aromatic carbocycles. The number of rotatable bonds is 5. The van der Waals surface area contributed by atoms with Gasteiger partial charge in [-0.2, -0.15) is 0 Å². The largest absolute Gasteiger partial charge is 0.466 e. The highest BCUT2D eigenvalue weighted by Crippen LogP contribution is 2.19. The molecule has 2 heterocycles. The van der Waals surface area contributed by atoms with E-state index < -0.39 is 5.60 Å². The lowest BCUT2D eigenvalue weighted by molar-refractivity contribution is 0.0340. The summed E-state index contributed by atoms with van der Waals surface area (Å²) in [6.45, 7) is 4.76. The van der Waals surface area contributed by atoms with Gasteiger partial charge in [0, 0.05) is 19.3 Å². The van der Waals surface area contributed by atoms with Gasteiger partial charge < -0.3 is 14.8 Å². The lowest BCUT2D eigenvalue weighted by Gasteiger charge is -2.21. The fourth-order valence-electron chi connectivity index (χ4n) is 1.71. The number of nitrogens with zero attached hydrogens (tertiary/aromatic N) is 1. The highest BCUT2D eigenvalue weighted by molar-refractivity contribution is 5.12. The van der Waals surface area contributed by atoms with Crippen LogP contribution in [0.3, 0.4) is 0 Å². The molecule has 0 fully saturated rings. The first-order chi connectivity index (χ1) is 8.58. The van der Waals surface area contributed by atoms with Crippen molar-refractivity contribution in [1.82, 2.24) is 10.3 Å². The lowest BCUT2D eigenvalue weighted by atomic mass is 10.0. The van der Waals surface area contributed by atoms with E-state index in [9.17, 15) is 5.11 Å². The predicted octanol–water partition coefficient (Wildman–Crippen LogP) is 1.98. The molecule has 0 amide bonds. The Morgan fingerprint density at radius 3 is 2.83 bits per heavy atom. The Hall–Kier alpha value is -1.65. The Bertz CT molecular complexity index is 475. The molecule has 1 atom stereocenters. The van der Waals surface area contributed by atoms with Gasteiger partial charge in [0.05, 0.1) is 12.0 Å². The van der Waals surface area contributed by atoms with Gasteiger partial charge in [0.1, 0.15) is 11.4 Å². The molecule has 0 saturated heterocycles. The van der Waals surface area contributed by atoms with Crippen LogP contribution in [0.5, 0.6) is 0 Å². The summed E-state index contributed by atoms with van der Waals surface area (Å²) < 4.78 is 5.21. The SMILES string of the molecule is Cc1ccc(CNCC(C)(O)c2ccco2)nc1. The number of aliphatic hydroxyl groups is 1. The van der Waals surface area contributed by atoms with E-state index >= 15 is 0 Å². The molecule has 2 aromatic rings. The molecule has 0 radical (unpaired) electrons. The summed E-state index contributed by atoms with van der Waals surface area (Å²) in [7, 11) is 0. The quantitative estimate of drug-likeness (QED) is 0.847. The molecule has 96 valence electrons. The zero-order chi connectivity index (χ0) is 13.0. The molecule has 0 spiro atoms. The minimum Gasteiger partial charge on any atom is -0.466 e. The smallest absolute Gasteiger partial charge is 0.136 e. The van der Waals surface area contributed by atoms with Crippen molar-refractivity contribution in [3.8, 4) is 0 Å². The molecule has 0 aliphatic rings. The molecule has 4 heteroatoms. The molecule has 2 aromatic heterocycles. The van der Waals surface area contributed by atoms with Crippen LogP contribution in [0.15, 0.2) is 41.1 Å². The molecule has 1 unspecified atom stereocenters. The van der Waals surface area contributed by atoms with Crippen molar-refractivity contribution >= 4 is 0 Å². The third-order valence-electron chi connectivity index (χ3n) is 2.80. The second kappa shape index (κ2) is 5.33. The van der Waals surface area contributed by atoms with Crippen molar-refractivity contribution in [1.29, 1.82) is 0 Å². The molecular formula is C14H18N2O2. The highest BCUT2D eigenvalue weighted by atomic mass is 16.4. The third-order valence-corrected chi connectivity index (χ3v) is 2.80. The molecular weight excluding hydrogens is 228 g/mol. The van der Waals surface area contributed by atoms with E-state index in [-0.39, 0.29) is 0 Å². The third kappa shape index (κ3) is 3.18. The van der Waals surface area contributed by atoms with Crippen molar-refractivity contribution in [3.63, 3.8) is 0 Å². The standard InChI is InChI=1S/C14H18N2O2/c1-11-5-6-12(16-8-11)9-15-10-14(2,17)13-4-3-7-18-13/h3-8,15,17H,9-10H2,1-2H3. The second-order valence-corrected chi connectivity index (χ2v) is 4.68. The number of aryl methyl sites for hydroxylation is 1. The minimum atomic E-state index is -1.01. The zero-order valence-corrected chi connectivity index (χ0v) is 10.7. The zero-order valence-electron chi connectivity index (χ0n) is 10.7. The van der Waals surface area contributed by atoms with Crippen LogP contribution >= 0.6 is 0 Å². The Morgan fingerprint density at radius 2 is 2.22 bits per heavy atom. The molecule has 0 saturated carbocycles. The highest BCUT2D eigenvalue weighted by Gasteiger charge is 2.25. The van der Waals surface area contributed by atoms with E-state index in [4.69, 9.17) is 4.42 Å².